The van der Waals surface area contributed by atoms with Crippen molar-refractivity contribution < 1.29 is 0 Å². The fraction of sp³-hybridized carbons (Fsp3) is 0.625. The van der Waals surface area contributed by atoms with Crippen molar-refractivity contribution >= 4 is 23.2 Å². The summed E-state index contributed by atoms with van der Waals surface area (Å²) in [6.45, 7) is 10.6. The van der Waals surface area contributed by atoms with Gasteiger partial charge < -0.3 is 10.6 Å². The molecule has 21 heavy (non-hydrogen) atoms. The number of halogens is 2. The molecule has 1 fully saturated rings. The number of nitrogens with two attached hydrogens (primary N) is 1. The molecule has 1 aromatic rings. The maximum absolute atomic E-state index is 6.08. The Balaban J connectivity index is 1.75. The van der Waals surface area contributed by atoms with Crippen LogP contribution in [0.1, 0.15) is 19.4 Å². The largest absolute Gasteiger partial charge is 0.324 e. The summed E-state index contributed by atoms with van der Waals surface area (Å²) in [6.07, 6.45) is 1.01. The molecular formula is C16H25Cl2N3. The topological polar surface area (TPSA) is 32.5 Å². The van der Waals surface area contributed by atoms with E-state index >= 15 is 0 Å². The third-order valence-electron chi connectivity index (χ3n) is 3.80. The normalized spacial score (nSPS) is 18.1. The first-order valence-electron chi connectivity index (χ1n) is 7.51. The molecule has 1 saturated heterocycles. The fourth-order valence-electron chi connectivity index (χ4n) is 2.73. The Labute approximate surface area is 138 Å². The van der Waals surface area contributed by atoms with Gasteiger partial charge in [-0.25, -0.2) is 0 Å². The van der Waals surface area contributed by atoms with Crippen LogP contribution < -0.4 is 5.73 Å². The maximum Gasteiger partial charge on any atom is 0.0595 e. The van der Waals surface area contributed by atoms with Gasteiger partial charge >= 0.3 is 0 Å². The summed E-state index contributed by atoms with van der Waals surface area (Å²) < 4.78 is 0. The summed E-state index contributed by atoms with van der Waals surface area (Å²) in [7, 11) is 0. The van der Waals surface area contributed by atoms with Crippen molar-refractivity contribution in [3.63, 3.8) is 0 Å². The fourth-order valence-corrected chi connectivity index (χ4v) is 3.05. The number of hydrogen-bond acceptors (Lipinski definition) is 3. The Bertz CT molecular complexity index is 463. The van der Waals surface area contributed by atoms with Crippen LogP contribution in [0.4, 0.5) is 0 Å². The van der Waals surface area contributed by atoms with E-state index in [1.54, 1.807) is 0 Å². The number of hydrogen-bond donors (Lipinski definition) is 1. The summed E-state index contributed by atoms with van der Waals surface area (Å²) in [4.78, 5) is 4.96. The zero-order valence-electron chi connectivity index (χ0n) is 12.9. The van der Waals surface area contributed by atoms with Crippen molar-refractivity contribution in [2.75, 3.05) is 39.3 Å². The van der Waals surface area contributed by atoms with E-state index in [0.717, 1.165) is 45.7 Å². The number of rotatable bonds is 5. The molecule has 1 heterocycles. The molecule has 0 bridgehead atoms. The van der Waals surface area contributed by atoms with Gasteiger partial charge in [-0.1, -0.05) is 29.3 Å². The quantitative estimate of drug-likeness (QED) is 0.901. The SMILES string of the molecule is CC(C)(N)CN1CCN(CCc2ccc(Cl)c(Cl)c2)CC1. The lowest BCUT2D eigenvalue weighted by Crippen LogP contribution is -2.53. The van der Waals surface area contributed by atoms with Crippen molar-refractivity contribution in [2.45, 2.75) is 25.8 Å². The van der Waals surface area contributed by atoms with Gasteiger partial charge in [-0.05, 0) is 38.0 Å². The molecule has 2 N–H and O–H groups in total. The highest BCUT2D eigenvalue weighted by Crippen LogP contribution is 2.22. The van der Waals surface area contributed by atoms with Gasteiger partial charge in [0.05, 0.1) is 10.0 Å². The van der Waals surface area contributed by atoms with Crippen LogP contribution in [0.25, 0.3) is 0 Å². The number of piperazine rings is 1. The summed E-state index contributed by atoms with van der Waals surface area (Å²) in [5.74, 6) is 0. The lowest BCUT2D eigenvalue weighted by Gasteiger charge is -2.37. The molecule has 0 amide bonds. The van der Waals surface area contributed by atoms with Crippen LogP contribution in [0.2, 0.25) is 10.0 Å². The Morgan fingerprint density at radius 2 is 1.67 bits per heavy atom. The van der Waals surface area contributed by atoms with Crippen LogP contribution in [0.5, 0.6) is 0 Å². The Morgan fingerprint density at radius 3 is 2.24 bits per heavy atom. The lowest BCUT2D eigenvalue weighted by atomic mass is 10.1. The molecule has 1 aromatic carbocycles. The molecule has 1 aliphatic rings. The van der Waals surface area contributed by atoms with E-state index in [2.05, 4.69) is 29.7 Å². The molecular weight excluding hydrogens is 305 g/mol. The molecule has 0 aromatic heterocycles. The molecule has 0 saturated carbocycles. The molecule has 2 rings (SSSR count). The van der Waals surface area contributed by atoms with E-state index in [9.17, 15) is 0 Å². The summed E-state index contributed by atoms with van der Waals surface area (Å²) in [5.41, 5.74) is 7.22. The minimum atomic E-state index is -0.109. The molecule has 0 radical (unpaired) electrons. The highest BCUT2D eigenvalue weighted by Gasteiger charge is 2.21. The van der Waals surface area contributed by atoms with Crippen LogP contribution in [-0.2, 0) is 6.42 Å². The van der Waals surface area contributed by atoms with Gasteiger partial charge in [0.15, 0.2) is 0 Å². The molecule has 3 nitrogen and oxygen atoms in total. The zero-order valence-corrected chi connectivity index (χ0v) is 14.4. The zero-order chi connectivity index (χ0) is 15.5. The monoisotopic (exact) mass is 329 g/mol. The standard InChI is InChI=1S/C16H25Cl2N3/c1-16(2,19)12-21-9-7-20(8-10-21)6-5-13-3-4-14(17)15(18)11-13/h3-4,11H,5-10,12,19H2,1-2H3. The second-order valence-electron chi connectivity index (χ2n) is 6.60. The molecule has 118 valence electrons. The Morgan fingerprint density at radius 1 is 1.05 bits per heavy atom. The number of nitrogens with zero attached hydrogens (tertiary/aromatic N) is 2. The average molecular weight is 330 g/mol. The molecule has 0 aliphatic carbocycles. The van der Waals surface area contributed by atoms with Crippen molar-refractivity contribution in [3.05, 3.63) is 33.8 Å². The second-order valence-corrected chi connectivity index (χ2v) is 7.42. The van der Waals surface area contributed by atoms with Crippen molar-refractivity contribution in [3.8, 4) is 0 Å². The van der Waals surface area contributed by atoms with Crippen LogP contribution >= 0.6 is 23.2 Å². The van der Waals surface area contributed by atoms with Crippen molar-refractivity contribution in [1.82, 2.24) is 9.80 Å². The minimum absolute atomic E-state index is 0.109. The van der Waals surface area contributed by atoms with Crippen LogP contribution in [0.15, 0.2) is 18.2 Å². The predicted octanol–water partition coefficient (Wildman–Crippen LogP) is 2.89. The Kier molecular flexibility index (Phi) is 5.92. The smallest absolute Gasteiger partial charge is 0.0595 e. The molecule has 0 atom stereocenters. The van der Waals surface area contributed by atoms with Gasteiger partial charge in [0.1, 0.15) is 0 Å². The molecule has 1 aliphatic heterocycles. The first kappa shape index (κ1) is 17.0. The lowest BCUT2D eigenvalue weighted by molar-refractivity contribution is 0.117. The molecule has 0 spiro atoms. The molecule has 5 heteroatoms. The second kappa shape index (κ2) is 7.30. The van der Waals surface area contributed by atoms with Gasteiger partial charge in [0.2, 0.25) is 0 Å². The number of benzene rings is 1. The third-order valence-corrected chi connectivity index (χ3v) is 4.54. The van der Waals surface area contributed by atoms with E-state index < -0.39 is 0 Å². The summed E-state index contributed by atoms with van der Waals surface area (Å²) >= 11 is 12.0. The first-order chi connectivity index (χ1) is 9.83. The summed E-state index contributed by atoms with van der Waals surface area (Å²) in [5, 5.41) is 1.27. The van der Waals surface area contributed by atoms with E-state index in [-0.39, 0.29) is 5.54 Å². The van der Waals surface area contributed by atoms with Crippen molar-refractivity contribution in [2.24, 2.45) is 5.73 Å². The first-order valence-corrected chi connectivity index (χ1v) is 8.27. The van der Waals surface area contributed by atoms with Gasteiger partial charge in [-0.15, -0.1) is 0 Å². The van der Waals surface area contributed by atoms with Crippen molar-refractivity contribution in [1.29, 1.82) is 0 Å². The average Bonchev–Trinajstić information content (AvgIpc) is 2.40. The van der Waals surface area contributed by atoms with E-state index in [1.165, 1.54) is 5.56 Å². The highest BCUT2D eigenvalue weighted by atomic mass is 35.5. The highest BCUT2D eigenvalue weighted by molar-refractivity contribution is 6.42. The summed E-state index contributed by atoms with van der Waals surface area (Å²) in [6, 6.07) is 5.90. The van der Waals surface area contributed by atoms with E-state index in [0.29, 0.717) is 10.0 Å². The van der Waals surface area contributed by atoms with Gasteiger partial charge in [-0.2, -0.15) is 0 Å². The van der Waals surface area contributed by atoms with Crippen LogP contribution in [0, 0.1) is 0 Å². The predicted molar refractivity (Wildman–Crippen MR) is 91.3 cm³/mol. The minimum Gasteiger partial charge on any atom is -0.324 e. The van der Waals surface area contributed by atoms with E-state index in [1.807, 2.05) is 12.1 Å². The molecule has 0 unspecified atom stereocenters. The maximum atomic E-state index is 6.08. The Hall–Kier alpha value is -0.320. The van der Waals surface area contributed by atoms with Gasteiger partial charge in [0.25, 0.3) is 0 Å². The van der Waals surface area contributed by atoms with Gasteiger partial charge in [-0.3, -0.25) is 4.90 Å². The van der Waals surface area contributed by atoms with Crippen LogP contribution in [-0.4, -0.2) is 54.6 Å². The van der Waals surface area contributed by atoms with E-state index in [4.69, 9.17) is 28.9 Å². The van der Waals surface area contributed by atoms with Gasteiger partial charge in [0, 0.05) is 44.8 Å². The van der Waals surface area contributed by atoms with Crippen LogP contribution in [0.3, 0.4) is 0 Å². The third kappa shape index (κ3) is 5.76.